The summed E-state index contributed by atoms with van der Waals surface area (Å²) in [7, 11) is -2.16. The van der Waals surface area contributed by atoms with Crippen LogP contribution in [0.1, 0.15) is 25.7 Å². The zero-order valence-electron chi connectivity index (χ0n) is 18.1. The summed E-state index contributed by atoms with van der Waals surface area (Å²) in [6.45, 7) is 2.40. The van der Waals surface area contributed by atoms with Crippen LogP contribution in [-0.2, 0) is 21.2 Å². The fourth-order valence-corrected chi connectivity index (χ4v) is 6.54. The van der Waals surface area contributed by atoms with E-state index >= 15 is 0 Å². The number of carbonyl (C=O) groups is 1. The maximum Gasteiger partial charge on any atom is 0.252 e. The Morgan fingerprint density at radius 2 is 2.09 bits per heavy atom. The van der Waals surface area contributed by atoms with Crippen molar-refractivity contribution in [3.63, 3.8) is 0 Å². The summed E-state index contributed by atoms with van der Waals surface area (Å²) in [5.74, 6) is 0.877. The van der Waals surface area contributed by atoms with Crippen molar-refractivity contribution in [1.29, 1.82) is 0 Å². The highest BCUT2D eigenvalue weighted by atomic mass is 35.5. The number of benzene rings is 1. The number of anilines is 1. The largest absolute Gasteiger partial charge is 0.495 e. The van der Waals surface area contributed by atoms with Gasteiger partial charge in [-0.1, -0.05) is 23.7 Å². The minimum atomic E-state index is -3.68. The number of aryl methyl sites for hydroxylation is 1. The van der Waals surface area contributed by atoms with Crippen LogP contribution in [0.4, 0.5) is 5.69 Å². The van der Waals surface area contributed by atoms with Crippen molar-refractivity contribution in [2.24, 2.45) is 5.92 Å². The van der Waals surface area contributed by atoms with Gasteiger partial charge in [-0.05, 0) is 37.1 Å². The Labute approximate surface area is 200 Å². The smallest absolute Gasteiger partial charge is 0.252 e. The standard InChI is InChI=1S/C21H23ClN4O5S2/c1-3-18-24-20(25-31-18)14-10-19(32-12-14)33(28,29)26-8-6-13(7-9-26)21(27)23-16-11-15(22)4-5-17(16)30-2/h4-5,10-13H,3,6-9H2,1-2H3,(H,23,27). The third kappa shape index (κ3) is 5.06. The van der Waals surface area contributed by atoms with Crippen LogP contribution in [0.3, 0.4) is 0 Å². The lowest BCUT2D eigenvalue weighted by molar-refractivity contribution is -0.120. The minimum absolute atomic E-state index is 0.185. The highest BCUT2D eigenvalue weighted by Gasteiger charge is 2.33. The molecule has 9 nitrogen and oxygen atoms in total. The normalized spacial score (nSPS) is 15.5. The highest BCUT2D eigenvalue weighted by Crippen LogP contribution is 2.32. The predicted octanol–water partition coefficient (Wildman–Crippen LogP) is 4.06. The number of sulfonamides is 1. The van der Waals surface area contributed by atoms with E-state index in [9.17, 15) is 13.2 Å². The first kappa shape index (κ1) is 23.7. The molecule has 2 aromatic heterocycles. The predicted molar refractivity (Wildman–Crippen MR) is 125 cm³/mol. The molecule has 1 amide bonds. The van der Waals surface area contributed by atoms with Gasteiger partial charge in [-0.15, -0.1) is 11.3 Å². The van der Waals surface area contributed by atoms with Crippen molar-refractivity contribution in [2.75, 3.05) is 25.5 Å². The number of nitrogens with one attached hydrogen (secondary N) is 1. The van der Waals surface area contributed by atoms with E-state index < -0.39 is 10.0 Å². The van der Waals surface area contributed by atoms with Crippen LogP contribution in [0.15, 0.2) is 38.4 Å². The number of hydrogen-bond donors (Lipinski definition) is 1. The van der Waals surface area contributed by atoms with Gasteiger partial charge in [0.05, 0.1) is 12.8 Å². The quantitative estimate of drug-likeness (QED) is 0.509. The van der Waals surface area contributed by atoms with Gasteiger partial charge >= 0.3 is 0 Å². The maximum atomic E-state index is 13.1. The van der Waals surface area contributed by atoms with Gasteiger partial charge in [-0.3, -0.25) is 4.79 Å². The number of carbonyl (C=O) groups excluding carboxylic acids is 1. The van der Waals surface area contributed by atoms with Crippen LogP contribution >= 0.6 is 22.9 Å². The van der Waals surface area contributed by atoms with E-state index in [1.54, 1.807) is 29.6 Å². The molecule has 1 aliphatic heterocycles. The number of thiophene rings is 1. The summed E-state index contributed by atoms with van der Waals surface area (Å²) in [5.41, 5.74) is 1.09. The Kier molecular flexibility index (Phi) is 7.03. The first-order valence-corrected chi connectivity index (χ1v) is 13.1. The van der Waals surface area contributed by atoms with E-state index in [0.29, 0.717) is 53.0 Å². The van der Waals surface area contributed by atoms with Crippen LogP contribution in [0.25, 0.3) is 11.4 Å². The molecule has 3 aromatic rings. The van der Waals surface area contributed by atoms with Crippen LogP contribution < -0.4 is 10.1 Å². The van der Waals surface area contributed by atoms with Gasteiger partial charge in [0, 0.05) is 41.4 Å². The van der Waals surface area contributed by atoms with Crippen molar-refractivity contribution in [3.8, 4) is 17.1 Å². The van der Waals surface area contributed by atoms with Crippen LogP contribution in [0.5, 0.6) is 5.75 Å². The van der Waals surface area contributed by atoms with Crippen LogP contribution in [0, 0.1) is 5.92 Å². The second-order valence-electron chi connectivity index (χ2n) is 7.53. The molecule has 12 heteroatoms. The second-order valence-corrected chi connectivity index (χ2v) is 11.0. The second kappa shape index (κ2) is 9.80. The summed E-state index contributed by atoms with van der Waals surface area (Å²) in [6.07, 6.45) is 1.43. The molecule has 0 aliphatic carbocycles. The molecular weight excluding hydrogens is 488 g/mol. The topological polar surface area (TPSA) is 115 Å². The van der Waals surface area contributed by atoms with Gasteiger partial charge in [0.15, 0.2) is 0 Å². The Bertz CT molecular complexity index is 1250. The maximum absolute atomic E-state index is 13.1. The van der Waals surface area contributed by atoms with Gasteiger partial charge in [0.2, 0.25) is 17.6 Å². The molecule has 0 saturated carbocycles. The number of amides is 1. The third-order valence-corrected chi connectivity index (χ3v) is 8.99. The van der Waals surface area contributed by atoms with Gasteiger partial charge in [-0.25, -0.2) is 8.42 Å². The van der Waals surface area contributed by atoms with E-state index in [1.165, 1.54) is 11.4 Å². The fourth-order valence-electron chi connectivity index (χ4n) is 3.58. The van der Waals surface area contributed by atoms with Gasteiger partial charge in [0.1, 0.15) is 9.96 Å². The highest BCUT2D eigenvalue weighted by molar-refractivity contribution is 7.91. The van der Waals surface area contributed by atoms with Crippen molar-refractivity contribution in [1.82, 2.24) is 14.4 Å². The Hall–Kier alpha value is -2.47. The SMILES string of the molecule is CCc1nc(-c2csc(S(=O)(=O)N3CCC(C(=O)Nc4cc(Cl)ccc4OC)CC3)c2)no1. The van der Waals surface area contributed by atoms with E-state index in [1.807, 2.05) is 6.92 Å². The Morgan fingerprint density at radius 3 is 2.76 bits per heavy atom. The molecule has 0 bridgehead atoms. The molecular formula is C21H23ClN4O5S2. The van der Waals surface area contributed by atoms with Crippen LogP contribution in [-0.4, -0.2) is 49.0 Å². The van der Waals surface area contributed by atoms with Gasteiger partial charge in [-0.2, -0.15) is 9.29 Å². The summed E-state index contributed by atoms with van der Waals surface area (Å²) >= 11 is 7.15. The number of nitrogens with zero attached hydrogens (tertiary/aromatic N) is 3. The van der Waals surface area contributed by atoms with Gasteiger partial charge in [0.25, 0.3) is 10.0 Å². The number of halogens is 1. The van der Waals surface area contributed by atoms with E-state index in [4.69, 9.17) is 20.9 Å². The molecule has 0 radical (unpaired) electrons. The molecule has 1 fully saturated rings. The van der Waals surface area contributed by atoms with Crippen molar-refractivity contribution in [2.45, 2.75) is 30.4 Å². The average molecular weight is 511 g/mol. The Balaban J connectivity index is 1.40. The molecule has 1 aromatic carbocycles. The zero-order valence-corrected chi connectivity index (χ0v) is 20.5. The van der Waals surface area contributed by atoms with Crippen LogP contribution in [0.2, 0.25) is 5.02 Å². The summed E-state index contributed by atoms with van der Waals surface area (Å²) < 4.78 is 38.2. The molecule has 176 valence electrons. The molecule has 4 rings (SSSR count). The molecule has 1 saturated heterocycles. The molecule has 1 aliphatic rings. The summed E-state index contributed by atoms with van der Waals surface area (Å²) in [5, 5.41) is 8.93. The zero-order chi connectivity index (χ0) is 23.6. The number of piperidine rings is 1. The molecule has 0 spiro atoms. The van der Waals surface area contributed by atoms with E-state index in [-0.39, 0.29) is 29.1 Å². The molecule has 3 heterocycles. The molecule has 33 heavy (non-hydrogen) atoms. The van der Waals surface area contributed by atoms with Crippen molar-refractivity contribution in [3.05, 3.63) is 40.6 Å². The monoisotopic (exact) mass is 510 g/mol. The summed E-state index contributed by atoms with van der Waals surface area (Å²) in [6, 6.07) is 6.55. The van der Waals surface area contributed by atoms with Crippen molar-refractivity contribution < 1.29 is 22.5 Å². The number of ether oxygens (including phenoxy) is 1. The first-order valence-electron chi connectivity index (χ1n) is 10.4. The first-order chi connectivity index (χ1) is 15.8. The molecule has 1 N–H and O–H groups in total. The summed E-state index contributed by atoms with van der Waals surface area (Å²) in [4.78, 5) is 17.0. The lowest BCUT2D eigenvalue weighted by Gasteiger charge is -2.30. The fraction of sp³-hybridized carbons (Fsp3) is 0.381. The number of hydrogen-bond acceptors (Lipinski definition) is 8. The van der Waals surface area contributed by atoms with E-state index in [0.717, 1.165) is 11.3 Å². The minimum Gasteiger partial charge on any atom is -0.495 e. The van der Waals surface area contributed by atoms with E-state index in [2.05, 4.69) is 15.5 Å². The number of methoxy groups -OCH3 is 1. The number of aromatic nitrogens is 2. The third-order valence-electron chi connectivity index (χ3n) is 5.44. The Morgan fingerprint density at radius 1 is 1.33 bits per heavy atom. The van der Waals surface area contributed by atoms with Crippen molar-refractivity contribution >= 4 is 44.6 Å². The van der Waals surface area contributed by atoms with Gasteiger partial charge < -0.3 is 14.6 Å². The average Bonchev–Trinajstić information content (AvgIpc) is 3.49. The molecule has 0 unspecified atom stereocenters. The molecule has 0 atom stereocenters. The number of rotatable bonds is 7. The lowest BCUT2D eigenvalue weighted by Crippen LogP contribution is -2.41. The lowest BCUT2D eigenvalue weighted by atomic mass is 9.97.